The highest BCUT2D eigenvalue weighted by Gasteiger charge is 2.44. The van der Waals surface area contributed by atoms with Gasteiger partial charge in [-0.3, -0.25) is 4.79 Å². The van der Waals surface area contributed by atoms with Gasteiger partial charge in [0.15, 0.2) is 5.78 Å². The topological polar surface area (TPSA) is 35.5 Å². The lowest BCUT2D eigenvalue weighted by Gasteiger charge is -2.39. The van der Waals surface area contributed by atoms with E-state index in [4.69, 9.17) is 9.47 Å². The second kappa shape index (κ2) is 6.78. The number of ether oxygens (including phenoxy) is 2. The SMILES string of the molecule is COC(C(=O)C1CCOC2(CCCC2)C1)C1CCCCC1. The first-order chi connectivity index (χ1) is 10.2. The molecule has 21 heavy (non-hydrogen) atoms. The van der Waals surface area contributed by atoms with Crippen molar-refractivity contribution < 1.29 is 14.3 Å². The van der Waals surface area contributed by atoms with Gasteiger partial charge in [0.1, 0.15) is 6.10 Å². The van der Waals surface area contributed by atoms with E-state index in [1.165, 1.54) is 44.9 Å². The summed E-state index contributed by atoms with van der Waals surface area (Å²) in [5.41, 5.74) is 0.0312. The Kier molecular flexibility index (Phi) is 5.00. The van der Waals surface area contributed by atoms with Crippen LogP contribution in [0, 0.1) is 11.8 Å². The second-order valence-electron chi connectivity index (χ2n) is 7.39. The third kappa shape index (κ3) is 3.34. The summed E-state index contributed by atoms with van der Waals surface area (Å²) in [6.45, 7) is 0.761. The number of Topliss-reactive ketones (excluding diaryl/α,β-unsaturated/α-hetero) is 1. The zero-order chi connectivity index (χ0) is 14.7. The predicted octanol–water partition coefficient (Wildman–Crippen LogP) is 3.89. The fraction of sp³-hybridized carbons (Fsp3) is 0.944. The van der Waals surface area contributed by atoms with Crippen molar-refractivity contribution in [1.29, 1.82) is 0 Å². The molecule has 120 valence electrons. The van der Waals surface area contributed by atoms with Crippen molar-refractivity contribution in [3.63, 3.8) is 0 Å². The Labute approximate surface area is 128 Å². The van der Waals surface area contributed by atoms with Crippen LogP contribution in [0.3, 0.4) is 0 Å². The zero-order valence-corrected chi connectivity index (χ0v) is 13.4. The van der Waals surface area contributed by atoms with Crippen molar-refractivity contribution in [2.45, 2.75) is 82.3 Å². The maximum atomic E-state index is 13.0. The molecular weight excluding hydrogens is 264 g/mol. The van der Waals surface area contributed by atoms with Crippen LogP contribution in [-0.4, -0.2) is 31.2 Å². The molecule has 3 rings (SSSR count). The van der Waals surface area contributed by atoms with Gasteiger partial charge in [-0.2, -0.15) is 0 Å². The number of carbonyl (C=O) groups is 1. The van der Waals surface area contributed by atoms with Crippen molar-refractivity contribution in [3.05, 3.63) is 0 Å². The molecule has 3 heteroatoms. The van der Waals surface area contributed by atoms with E-state index in [0.717, 1.165) is 32.3 Å². The fourth-order valence-electron chi connectivity index (χ4n) is 4.85. The van der Waals surface area contributed by atoms with Gasteiger partial charge in [-0.1, -0.05) is 32.1 Å². The Hall–Kier alpha value is -0.410. The van der Waals surface area contributed by atoms with Gasteiger partial charge in [0.05, 0.1) is 5.60 Å². The van der Waals surface area contributed by atoms with Crippen LogP contribution in [-0.2, 0) is 14.3 Å². The van der Waals surface area contributed by atoms with Crippen LogP contribution in [0.1, 0.15) is 70.6 Å². The number of hydrogen-bond acceptors (Lipinski definition) is 3. The van der Waals surface area contributed by atoms with E-state index in [9.17, 15) is 4.79 Å². The van der Waals surface area contributed by atoms with Crippen molar-refractivity contribution in [1.82, 2.24) is 0 Å². The number of rotatable bonds is 4. The summed E-state index contributed by atoms with van der Waals surface area (Å²) in [7, 11) is 1.72. The first kappa shape index (κ1) is 15.5. The third-order valence-corrected chi connectivity index (χ3v) is 6.02. The number of hydrogen-bond donors (Lipinski definition) is 0. The Balaban J connectivity index is 1.64. The average molecular weight is 294 g/mol. The molecule has 3 nitrogen and oxygen atoms in total. The zero-order valence-electron chi connectivity index (χ0n) is 13.4. The van der Waals surface area contributed by atoms with Crippen LogP contribution >= 0.6 is 0 Å². The van der Waals surface area contributed by atoms with Crippen molar-refractivity contribution in [3.8, 4) is 0 Å². The number of carbonyl (C=O) groups excluding carboxylic acids is 1. The lowest BCUT2D eigenvalue weighted by Crippen LogP contribution is -2.44. The van der Waals surface area contributed by atoms with Crippen LogP contribution in [0.5, 0.6) is 0 Å². The molecule has 0 amide bonds. The van der Waals surface area contributed by atoms with Crippen LogP contribution < -0.4 is 0 Å². The van der Waals surface area contributed by atoms with Gasteiger partial charge < -0.3 is 9.47 Å². The second-order valence-corrected chi connectivity index (χ2v) is 7.39. The summed E-state index contributed by atoms with van der Waals surface area (Å²) in [5, 5.41) is 0. The van der Waals surface area contributed by atoms with Gasteiger partial charge >= 0.3 is 0 Å². The fourth-order valence-corrected chi connectivity index (χ4v) is 4.85. The predicted molar refractivity (Wildman–Crippen MR) is 82.3 cm³/mol. The standard InChI is InChI=1S/C18H30O3/c1-20-17(14-7-3-2-4-8-14)16(19)15-9-12-21-18(13-15)10-5-6-11-18/h14-15,17H,2-13H2,1H3. The molecular formula is C18H30O3. The third-order valence-electron chi connectivity index (χ3n) is 6.02. The lowest BCUT2D eigenvalue weighted by molar-refractivity contribution is -0.149. The van der Waals surface area contributed by atoms with Crippen LogP contribution in [0.25, 0.3) is 0 Å². The summed E-state index contributed by atoms with van der Waals surface area (Å²) in [4.78, 5) is 13.0. The van der Waals surface area contributed by atoms with Gasteiger partial charge in [-0.25, -0.2) is 0 Å². The van der Waals surface area contributed by atoms with E-state index >= 15 is 0 Å². The van der Waals surface area contributed by atoms with Crippen LogP contribution in [0.15, 0.2) is 0 Å². The summed E-state index contributed by atoms with van der Waals surface area (Å²) in [6.07, 6.45) is 12.7. The number of methoxy groups -OCH3 is 1. The summed E-state index contributed by atoms with van der Waals surface area (Å²) >= 11 is 0. The first-order valence-corrected chi connectivity index (χ1v) is 8.95. The molecule has 0 bridgehead atoms. The highest BCUT2D eigenvalue weighted by molar-refractivity contribution is 5.86. The van der Waals surface area contributed by atoms with Gasteiger partial charge in [0, 0.05) is 19.6 Å². The Morgan fingerprint density at radius 2 is 1.81 bits per heavy atom. The van der Waals surface area contributed by atoms with Gasteiger partial charge in [-0.15, -0.1) is 0 Å². The molecule has 1 spiro atoms. The molecule has 0 aromatic carbocycles. The molecule has 1 aliphatic heterocycles. The summed E-state index contributed by atoms with van der Waals surface area (Å²) in [5.74, 6) is 1.00. The van der Waals surface area contributed by atoms with Crippen LogP contribution in [0.4, 0.5) is 0 Å². The highest BCUT2D eigenvalue weighted by Crippen LogP contribution is 2.43. The normalized spacial score (nSPS) is 31.4. The average Bonchev–Trinajstić information content (AvgIpc) is 2.97. The molecule has 3 aliphatic rings. The van der Waals surface area contributed by atoms with Gasteiger partial charge in [0.2, 0.25) is 0 Å². The Bertz CT molecular complexity index is 353. The lowest BCUT2D eigenvalue weighted by atomic mass is 9.76. The molecule has 0 radical (unpaired) electrons. The minimum Gasteiger partial charge on any atom is -0.375 e. The minimum atomic E-state index is -0.160. The molecule has 2 unspecified atom stereocenters. The Morgan fingerprint density at radius 1 is 1.10 bits per heavy atom. The molecule has 1 heterocycles. The van der Waals surface area contributed by atoms with E-state index in [1.54, 1.807) is 7.11 Å². The molecule has 2 atom stereocenters. The van der Waals surface area contributed by atoms with E-state index in [-0.39, 0.29) is 17.6 Å². The smallest absolute Gasteiger partial charge is 0.165 e. The van der Waals surface area contributed by atoms with Gasteiger partial charge in [-0.05, 0) is 44.4 Å². The first-order valence-electron chi connectivity index (χ1n) is 8.95. The monoisotopic (exact) mass is 294 g/mol. The molecule has 3 fully saturated rings. The van der Waals surface area contributed by atoms with E-state index in [1.807, 2.05) is 0 Å². The van der Waals surface area contributed by atoms with E-state index in [2.05, 4.69) is 0 Å². The molecule has 1 saturated heterocycles. The molecule has 0 aromatic heterocycles. The Morgan fingerprint density at radius 3 is 2.48 bits per heavy atom. The van der Waals surface area contributed by atoms with E-state index < -0.39 is 0 Å². The van der Waals surface area contributed by atoms with Crippen LogP contribution in [0.2, 0.25) is 0 Å². The summed E-state index contributed by atoms with van der Waals surface area (Å²) in [6, 6.07) is 0. The maximum absolute atomic E-state index is 13.0. The van der Waals surface area contributed by atoms with Crippen molar-refractivity contribution >= 4 is 5.78 Å². The molecule has 2 aliphatic carbocycles. The molecule has 0 aromatic rings. The van der Waals surface area contributed by atoms with Crippen molar-refractivity contribution in [2.75, 3.05) is 13.7 Å². The maximum Gasteiger partial charge on any atom is 0.165 e. The van der Waals surface area contributed by atoms with Crippen molar-refractivity contribution in [2.24, 2.45) is 11.8 Å². The van der Waals surface area contributed by atoms with E-state index in [0.29, 0.717) is 11.7 Å². The molecule has 2 saturated carbocycles. The number of ketones is 1. The largest absolute Gasteiger partial charge is 0.375 e. The molecule has 0 N–H and O–H groups in total. The summed E-state index contributed by atoms with van der Waals surface area (Å²) < 4.78 is 11.7. The minimum absolute atomic E-state index is 0.0312. The van der Waals surface area contributed by atoms with Gasteiger partial charge in [0.25, 0.3) is 0 Å². The quantitative estimate of drug-likeness (QED) is 0.789. The highest BCUT2D eigenvalue weighted by atomic mass is 16.5.